The third-order valence-electron chi connectivity index (χ3n) is 2.65. The number of aliphatic hydroxyl groups excluding tert-OH is 1. The van der Waals surface area contributed by atoms with Crippen LogP contribution in [0.15, 0.2) is 16.7 Å². The summed E-state index contributed by atoms with van der Waals surface area (Å²) in [6.07, 6.45) is 3.16. The van der Waals surface area contributed by atoms with Gasteiger partial charge in [0, 0.05) is 17.2 Å². The van der Waals surface area contributed by atoms with Crippen LogP contribution in [0.3, 0.4) is 0 Å². The van der Waals surface area contributed by atoms with Crippen LogP contribution in [0.1, 0.15) is 23.3 Å². The van der Waals surface area contributed by atoms with E-state index in [1.54, 1.807) is 12.3 Å². The molecule has 0 unspecified atom stereocenters. The maximum atomic E-state index is 11.6. The minimum Gasteiger partial charge on any atom is -0.393 e. The fourth-order valence-electron chi connectivity index (χ4n) is 1.70. The van der Waals surface area contributed by atoms with E-state index in [2.05, 4.69) is 26.2 Å². The number of rotatable bonds is 3. The van der Waals surface area contributed by atoms with Crippen molar-refractivity contribution in [3.8, 4) is 0 Å². The number of aromatic amines is 1. The van der Waals surface area contributed by atoms with E-state index in [1.165, 1.54) is 0 Å². The molecule has 1 amide bonds. The summed E-state index contributed by atoms with van der Waals surface area (Å²) in [5.74, 6) is 0.337. The highest BCUT2D eigenvalue weighted by molar-refractivity contribution is 9.10. The van der Waals surface area contributed by atoms with Crippen LogP contribution in [0, 0.1) is 5.92 Å². The number of hydrogen-bond acceptors (Lipinski definition) is 2. The molecule has 1 aliphatic carbocycles. The summed E-state index contributed by atoms with van der Waals surface area (Å²) in [7, 11) is 0. The van der Waals surface area contributed by atoms with Crippen LogP contribution in [-0.4, -0.2) is 28.6 Å². The van der Waals surface area contributed by atoms with Gasteiger partial charge in [-0.05, 0) is 40.8 Å². The van der Waals surface area contributed by atoms with Crippen molar-refractivity contribution in [3.63, 3.8) is 0 Å². The van der Waals surface area contributed by atoms with Crippen LogP contribution in [0.4, 0.5) is 0 Å². The number of aromatic nitrogens is 1. The van der Waals surface area contributed by atoms with E-state index < -0.39 is 0 Å². The van der Waals surface area contributed by atoms with Crippen molar-refractivity contribution in [2.45, 2.75) is 18.9 Å². The SMILES string of the molecule is O=C(NCC1CC(O)C1)c1cc(Br)c[nH]1. The predicted molar refractivity (Wildman–Crippen MR) is 59.6 cm³/mol. The molecule has 4 nitrogen and oxygen atoms in total. The molecule has 1 aromatic heterocycles. The van der Waals surface area contributed by atoms with Crippen LogP contribution in [0.25, 0.3) is 0 Å². The molecule has 0 atom stereocenters. The van der Waals surface area contributed by atoms with Crippen LogP contribution in [0.5, 0.6) is 0 Å². The van der Waals surface area contributed by atoms with Crippen LogP contribution in [-0.2, 0) is 0 Å². The molecule has 82 valence electrons. The molecular formula is C10H13BrN2O2. The van der Waals surface area contributed by atoms with Gasteiger partial charge < -0.3 is 15.4 Å². The molecule has 3 N–H and O–H groups in total. The highest BCUT2D eigenvalue weighted by atomic mass is 79.9. The Kier molecular flexibility index (Phi) is 3.11. The van der Waals surface area contributed by atoms with Gasteiger partial charge in [-0.2, -0.15) is 0 Å². The Labute approximate surface area is 96.2 Å². The first-order valence-corrected chi connectivity index (χ1v) is 5.74. The maximum Gasteiger partial charge on any atom is 0.267 e. The first kappa shape index (κ1) is 10.7. The minimum atomic E-state index is -0.161. The number of carbonyl (C=O) groups excluding carboxylic acids is 1. The summed E-state index contributed by atoms with van der Waals surface area (Å²) in [4.78, 5) is 14.4. The van der Waals surface area contributed by atoms with Crippen LogP contribution in [0.2, 0.25) is 0 Å². The normalized spacial score (nSPS) is 24.7. The highest BCUT2D eigenvalue weighted by Crippen LogP contribution is 2.26. The van der Waals surface area contributed by atoms with Gasteiger partial charge in [-0.1, -0.05) is 0 Å². The zero-order valence-electron chi connectivity index (χ0n) is 8.16. The van der Waals surface area contributed by atoms with Gasteiger partial charge in [0.25, 0.3) is 5.91 Å². The lowest BCUT2D eigenvalue weighted by Crippen LogP contribution is -2.38. The van der Waals surface area contributed by atoms with Crippen molar-refractivity contribution < 1.29 is 9.90 Å². The molecule has 1 aromatic rings. The van der Waals surface area contributed by atoms with E-state index in [-0.39, 0.29) is 12.0 Å². The number of aliphatic hydroxyl groups is 1. The quantitative estimate of drug-likeness (QED) is 0.776. The van der Waals surface area contributed by atoms with Crippen molar-refractivity contribution >= 4 is 21.8 Å². The fourth-order valence-corrected chi connectivity index (χ4v) is 2.04. The molecule has 0 bridgehead atoms. The smallest absolute Gasteiger partial charge is 0.267 e. The average Bonchev–Trinajstić information content (AvgIpc) is 2.57. The van der Waals surface area contributed by atoms with Crippen LogP contribution < -0.4 is 5.32 Å². The van der Waals surface area contributed by atoms with Crippen molar-refractivity contribution in [2.24, 2.45) is 5.92 Å². The Balaban J connectivity index is 1.78. The summed E-state index contributed by atoms with van der Waals surface area (Å²) >= 11 is 3.27. The van der Waals surface area contributed by atoms with Gasteiger partial charge in [0.15, 0.2) is 0 Å². The monoisotopic (exact) mass is 272 g/mol. The molecule has 2 rings (SSSR count). The van der Waals surface area contributed by atoms with Crippen molar-refractivity contribution in [3.05, 3.63) is 22.4 Å². The molecule has 1 fully saturated rings. The van der Waals surface area contributed by atoms with E-state index in [1.807, 2.05) is 0 Å². The first-order chi connectivity index (χ1) is 7.15. The molecular weight excluding hydrogens is 260 g/mol. The number of hydrogen-bond donors (Lipinski definition) is 3. The Morgan fingerprint density at radius 1 is 1.67 bits per heavy atom. The summed E-state index contributed by atoms with van der Waals surface area (Å²) in [5.41, 5.74) is 0.557. The second-order valence-electron chi connectivity index (χ2n) is 3.93. The van der Waals surface area contributed by atoms with Crippen molar-refractivity contribution in [1.82, 2.24) is 10.3 Å². The summed E-state index contributed by atoms with van der Waals surface area (Å²) < 4.78 is 0.867. The van der Waals surface area contributed by atoms with E-state index in [0.717, 1.165) is 17.3 Å². The standard InChI is InChI=1S/C10H13BrN2O2/c11-7-3-9(12-5-7)10(15)13-4-6-1-8(14)2-6/h3,5-6,8,12,14H,1-2,4H2,(H,13,15). The Hall–Kier alpha value is -0.810. The lowest BCUT2D eigenvalue weighted by Gasteiger charge is -2.31. The molecule has 0 saturated heterocycles. The number of halogens is 1. The Morgan fingerprint density at radius 2 is 2.40 bits per heavy atom. The molecule has 0 radical (unpaired) electrons. The van der Waals surface area contributed by atoms with Gasteiger partial charge in [0.2, 0.25) is 0 Å². The molecule has 1 aliphatic rings. The molecule has 0 spiro atoms. The van der Waals surface area contributed by atoms with Crippen molar-refractivity contribution in [2.75, 3.05) is 6.54 Å². The maximum absolute atomic E-state index is 11.6. The first-order valence-electron chi connectivity index (χ1n) is 4.95. The van der Waals surface area contributed by atoms with Gasteiger partial charge in [-0.25, -0.2) is 0 Å². The van der Waals surface area contributed by atoms with E-state index >= 15 is 0 Å². The Bertz CT molecular complexity index is 358. The molecule has 0 aliphatic heterocycles. The van der Waals surface area contributed by atoms with Crippen molar-refractivity contribution in [1.29, 1.82) is 0 Å². The van der Waals surface area contributed by atoms with Gasteiger partial charge in [0.05, 0.1) is 6.10 Å². The lowest BCUT2D eigenvalue weighted by molar-refractivity contribution is 0.0420. The van der Waals surface area contributed by atoms with E-state index in [4.69, 9.17) is 5.11 Å². The van der Waals surface area contributed by atoms with Gasteiger partial charge in [0.1, 0.15) is 5.69 Å². The number of nitrogens with one attached hydrogen (secondary N) is 2. The molecule has 1 heterocycles. The van der Waals surface area contributed by atoms with E-state index in [0.29, 0.717) is 18.2 Å². The minimum absolute atomic E-state index is 0.0953. The lowest BCUT2D eigenvalue weighted by atomic mass is 9.82. The average molecular weight is 273 g/mol. The fraction of sp³-hybridized carbons (Fsp3) is 0.500. The molecule has 0 aromatic carbocycles. The highest BCUT2D eigenvalue weighted by Gasteiger charge is 2.27. The van der Waals surface area contributed by atoms with Crippen LogP contribution >= 0.6 is 15.9 Å². The number of carbonyl (C=O) groups is 1. The second kappa shape index (κ2) is 4.37. The van der Waals surface area contributed by atoms with E-state index in [9.17, 15) is 4.79 Å². The summed E-state index contributed by atoms with van der Waals surface area (Å²) in [6.45, 7) is 0.645. The van der Waals surface area contributed by atoms with Gasteiger partial charge in [-0.15, -0.1) is 0 Å². The van der Waals surface area contributed by atoms with Gasteiger partial charge >= 0.3 is 0 Å². The molecule has 1 saturated carbocycles. The molecule has 15 heavy (non-hydrogen) atoms. The zero-order valence-corrected chi connectivity index (χ0v) is 9.75. The zero-order chi connectivity index (χ0) is 10.8. The largest absolute Gasteiger partial charge is 0.393 e. The summed E-state index contributed by atoms with van der Waals surface area (Å²) in [5, 5.41) is 11.9. The predicted octanol–water partition coefficient (Wildman–Crippen LogP) is 1.28. The number of amides is 1. The second-order valence-corrected chi connectivity index (χ2v) is 4.85. The molecule has 5 heteroatoms. The third-order valence-corrected chi connectivity index (χ3v) is 3.11. The topological polar surface area (TPSA) is 65.1 Å². The number of H-pyrrole nitrogens is 1. The summed E-state index contributed by atoms with van der Waals surface area (Å²) in [6, 6.07) is 1.74. The Morgan fingerprint density at radius 3 is 2.93 bits per heavy atom. The third kappa shape index (κ3) is 2.60. The van der Waals surface area contributed by atoms with Gasteiger partial charge in [-0.3, -0.25) is 4.79 Å².